The van der Waals surface area contributed by atoms with Gasteiger partial charge in [-0.3, -0.25) is 4.57 Å². The minimum atomic E-state index is -0.379. The molecule has 0 atom stereocenters. The van der Waals surface area contributed by atoms with Crippen molar-refractivity contribution in [3.8, 4) is 22.8 Å². The molecule has 4 rings (SSSR count). The zero-order chi connectivity index (χ0) is 23.4. The van der Waals surface area contributed by atoms with Crippen molar-refractivity contribution in [2.24, 2.45) is 0 Å². The lowest BCUT2D eigenvalue weighted by molar-refractivity contribution is 0.0600. The summed E-state index contributed by atoms with van der Waals surface area (Å²) in [6.45, 7) is 0. The molecule has 1 heterocycles. The van der Waals surface area contributed by atoms with Gasteiger partial charge in [0.25, 0.3) is 0 Å². The zero-order valence-corrected chi connectivity index (χ0v) is 20.1. The summed E-state index contributed by atoms with van der Waals surface area (Å²) in [6, 6.07) is 20.2. The van der Waals surface area contributed by atoms with E-state index in [9.17, 15) is 4.79 Å². The minimum Gasteiger partial charge on any atom is -0.497 e. The number of carbonyl (C=O) groups is 1. The van der Waals surface area contributed by atoms with Gasteiger partial charge >= 0.3 is 5.97 Å². The maximum absolute atomic E-state index is 12.1. The van der Waals surface area contributed by atoms with E-state index >= 15 is 0 Å². The highest BCUT2D eigenvalue weighted by Gasteiger charge is 2.19. The lowest BCUT2D eigenvalue weighted by atomic mass is 10.1. The van der Waals surface area contributed by atoms with Gasteiger partial charge in [-0.2, -0.15) is 0 Å². The van der Waals surface area contributed by atoms with E-state index in [1.165, 1.54) is 18.9 Å². The Morgan fingerprint density at radius 1 is 0.970 bits per heavy atom. The van der Waals surface area contributed by atoms with E-state index in [4.69, 9.17) is 32.7 Å². The molecule has 6 nitrogen and oxygen atoms in total. The summed E-state index contributed by atoms with van der Waals surface area (Å²) < 4.78 is 12.1. The number of rotatable bonds is 7. The van der Waals surface area contributed by atoms with Crippen molar-refractivity contribution in [1.29, 1.82) is 0 Å². The molecule has 0 spiro atoms. The molecule has 0 aliphatic heterocycles. The molecule has 0 aliphatic carbocycles. The van der Waals surface area contributed by atoms with E-state index < -0.39 is 0 Å². The third-order valence-corrected chi connectivity index (χ3v) is 6.64. The summed E-state index contributed by atoms with van der Waals surface area (Å²) in [4.78, 5) is 12.1. The van der Waals surface area contributed by atoms with Gasteiger partial charge in [-0.15, -0.1) is 10.2 Å². The fraction of sp³-hybridized carbons (Fsp3) is 0.125. The Morgan fingerprint density at radius 3 is 2.42 bits per heavy atom. The second kappa shape index (κ2) is 10.3. The Kier molecular flexibility index (Phi) is 7.23. The monoisotopic (exact) mass is 499 g/mol. The fourth-order valence-electron chi connectivity index (χ4n) is 3.24. The first-order valence-corrected chi connectivity index (χ1v) is 11.6. The highest BCUT2D eigenvalue weighted by Crippen LogP contribution is 2.33. The first kappa shape index (κ1) is 23.2. The number of thioether (sulfide) groups is 1. The molecular weight excluding hydrogens is 481 g/mol. The fourth-order valence-corrected chi connectivity index (χ4v) is 4.49. The predicted octanol–water partition coefficient (Wildman–Crippen LogP) is 6.33. The standard InChI is InChI=1S/C24H19Cl2N3O3S/c1-31-18-10-7-15(8-11-18)22-27-28-24(29(22)17-9-12-20(25)21(26)13-17)33-14-16-5-3-4-6-19(16)23(30)32-2/h3-13H,14H2,1-2H3. The number of halogens is 2. The SMILES string of the molecule is COC(=O)c1ccccc1CSc1nnc(-c2ccc(OC)cc2)n1-c1ccc(Cl)c(Cl)c1. The third-order valence-electron chi connectivity index (χ3n) is 4.92. The van der Waals surface area contributed by atoms with Gasteiger partial charge in [0.15, 0.2) is 11.0 Å². The highest BCUT2D eigenvalue weighted by atomic mass is 35.5. The van der Waals surface area contributed by atoms with Crippen LogP contribution in [0.3, 0.4) is 0 Å². The molecule has 0 bridgehead atoms. The number of aromatic nitrogens is 3. The van der Waals surface area contributed by atoms with Crippen LogP contribution in [0.15, 0.2) is 71.9 Å². The Balaban J connectivity index is 1.75. The summed E-state index contributed by atoms with van der Waals surface area (Å²) >= 11 is 13.9. The van der Waals surface area contributed by atoms with E-state index in [0.717, 1.165) is 22.6 Å². The van der Waals surface area contributed by atoms with Crippen molar-refractivity contribution in [3.63, 3.8) is 0 Å². The molecule has 0 N–H and O–H groups in total. The van der Waals surface area contributed by atoms with Gasteiger partial charge in [0.2, 0.25) is 0 Å². The number of methoxy groups -OCH3 is 2. The van der Waals surface area contributed by atoms with Crippen molar-refractivity contribution in [3.05, 3.63) is 87.9 Å². The highest BCUT2D eigenvalue weighted by molar-refractivity contribution is 7.98. The molecular formula is C24H19Cl2N3O3S. The van der Waals surface area contributed by atoms with Crippen molar-refractivity contribution < 1.29 is 14.3 Å². The van der Waals surface area contributed by atoms with Crippen LogP contribution in [0.5, 0.6) is 5.75 Å². The Labute approximate surface area is 205 Å². The van der Waals surface area contributed by atoms with E-state index in [2.05, 4.69) is 10.2 Å². The number of nitrogens with zero attached hydrogens (tertiary/aromatic N) is 3. The van der Waals surface area contributed by atoms with Gasteiger partial charge in [-0.05, 0) is 54.1 Å². The van der Waals surface area contributed by atoms with Crippen LogP contribution >= 0.6 is 35.0 Å². The minimum absolute atomic E-state index is 0.379. The van der Waals surface area contributed by atoms with Crippen molar-refractivity contribution in [2.75, 3.05) is 14.2 Å². The van der Waals surface area contributed by atoms with Gasteiger partial charge < -0.3 is 9.47 Å². The van der Waals surface area contributed by atoms with Crippen LogP contribution in [0.25, 0.3) is 17.1 Å². The molecule has 0 unspecified atom stereocenters. The Hall–Kier alpha value is -3.00. The maximum Gasteiger partial charge on any atom is 0.338 e. The van der Waals surface area contributed by atoms with Gasteiger partial charge in [0.05, 0.1) is 35.5 Å². The van der Waals surface area contributed by atoms with Crippen molar-refractivity contribution in [1.82, 2.24) is 14.8 Å². The molecule has 0 saturated heterocycles. The molecule has 0 radical (unpaired) electrons. The van der Waals surface area contributed by atoms with Crippen LogP contribution in [-0.2, 0) is 10.5 Å². The van der Waals surface area contributed by atoms with Crippen molar-refractivity contribution in [2.45, 2.75) is 10.9 Å². The van der Waals surface area contributed by atoms with Gasteiger partial charge in [-0.25, -0.2) is 4.79 Å². The van der Waals surface area contributed by atoms with Crippen LogP contribution in [0.2, 0.25) is 10.0 Å². The second-order valence-electron chi connectivity index (χ2n) is 6.91. The topological polar surface area (TPSA) is 66.2 Å². The van der Waals surface area contributed by atoms with E-state index in [-0.39, 0.29) is 5.97 Å². The second-order valence-corrected chi connectivity index (χ2v) is 8.66. The quantitative estimate of drug-likeness (QED) is 0.218. The zero-order valence-electron chi connectivity index (χ0n) is 17.8. The molecule has 3 aromatic carbocycles. The number of benzene rings is 3. The van der Waals surface area contributed by atoms with Gasteiger partial charge in [0.1, 0.15) is 5.75 Å². The lowest BCUT2D eigenvalue weighted by Crippen LogP contribution is -2.05. The van der Waals surface area contributed by atoms with E-state index in [1.54, 1.807) is 31.4 Å². The maximum atomic E-state index is 12.1. The van der Waals surface area contributed by atoms with Gasteiger partial charge in [0, 0.05) is 11.3 Å². The average molecular weight is 500 g/mol. The van der Waals surface area contributed by atoms with Crippen LogP contribution in [-0.4, -0.2) is 35.0 Å². The predicted molar refractivity (Wildman–Crippen MR) is 131 cm³/mol. The molecule has 0 saturated carbocycles. The normalized spacial score (nSPS) is 10.8. The smallest absolute Gasteiger partial charge is 0.338 e. The van der Waals surface area contributed by atoms with E-state index in [0.29, 0.717) is 32.3 Å². The first-order chi connectivity index (χ1) is 16.0. The number of esters is 1. The molecule has 168 valence electrons. The molecule has 0 amide bonds. The molecule has 9 heteroatoms. The molecule has 1 aromatic heterocycles. The van der Waals surface area contributed by atoms with Crippen LogP contribution in [0.1, 0.15) is 15.9 Å². The molecule has 4 aromatic rings. The summed E-state index contributed by atoms with van der Waals surface area (Å²) in [5, 5.41) is 10.4. The van der Waals surface area contributed by atoms with Crippen molar-refractivity contribution >= 4 is 40.9 Å². The summed E-state index contributed by atoms with van der Waals surface area (Å²) in [7, 11) is 2.99. The summed E-state index contributed by atoms with van der Waals surface area (Å²) in [5.74, 6) is 1.50. The van der Waals surface area contributed by atoms with E-state index in [1.807, 2.05) is 47.0 Å². The number of carbonyl (C=O) groups excluding carboxylic acids is 1. The largest absolute Gasteiger partial charge is 0.497 e. The number of hydrogen-bond acceptors (Lipinski definition) is 6. The molecule has 33 heavy (non-hydrogen) atoms. The number of ether oxygens (including phenoxy) is 2. The van der Waals surface area contributed by atoms with Crippen LogP contribution < -0.4 is 4.74 Å². The lowest BCUT2D eigenvalue weighted by Gasteiger charge is -2.12. The Bertz CT molecular complexity index is 1290. The molecule has 0 aliphatic rings. The molecule has 0 fully saturated rings. The van der Waals surface area contributed by atoms with Crippen LogP contribution in [0.4, 0.5) is 0 Å². The Morgan fingerprint density at radius 2 is 1.73 bits per heavy atom. The number of hydrogen-bond donors (Lipinski definition) is 0. The summed E-state index contributed by atoms with van der Waals surface area (Å²) in [6.07, 6.45) is 0. The van der Waals surface area contributed by atoms with Gasteiger partial charge in [-0.1, -0.05) is 53.2 Å². The average Bonchev–Trinajstić information content (AvgIpc) is 3.28. The van der Waals surface area contributed by atoms with Crippen LogP contribution in [0, 0.1) is 0 Å². The first-order valence-electron chi connectivity index (χ1n) is 9.86. The third kappa shape index (κ3) is 5.00. The summed E-state index contributed by atoms with van der Waals surface area (Å²) in [5.41, 5.74) is 2.98.